The number of fused-ring (bicyclic) bond motifs is 1. The normalized spacial score (nSPS) is 10.9. The van der Waals surface area contributed by atoms with Crippen LogP contribution in [-0.2, 0) is 9.53 Å². The fraction of sp³-hybridized carbons (Fsp3) is 0.161. The molecule has 0 amide bonds. The number of aromatic nitrogens is 1. The van der Waals surface area contributed by atoms with Crippen LogP contribution >= 0.6 is 0 Å². The molecule has 180 valence electrons. The van der Waals surface area contributed by atoms with Crippen molar-refractivity contribution in [2.24, 2.45) is 0 Å². The number of rotatable bonds is 9. The third-order valence-electron chi connectivity index (χ3n) is 5.87. The summed E-state index contributed by atoms with van der Waals surface area (Å²) in [5.74, 6) is 1.91. The molecule has 0 saturated carbocycles. The monoisotopic (exact) mass is 477 g/mol. The van der Waals surface area contributed by atoms with E-state index in [-0.39, 0.29) is 5.97 Å². The van der Waals surface area contributed by atoms with E-state index >= 15 is 0 Å². The number of benzene rings is 4. The highest BCUT2D eigenvalue weighted by Crippen LogP contribution is 2.36. The average Bonchev–Trinajstić information content (AvgIpc) is 3.38. The Morgan fingerprint density at radius 2 is 1.50 bits per heavy atom. The van der Waals surface area contributed by atoms with Crippen molar-refractivity contribution in [3.8, 4) is 39.8 Å². The van der Waals surface area contributed by atoms with Crippen molar-refractivity contribution in [2.75, 3.05) is 13.2 Å². The van der Waals surface area contributed by atoms with E-state index in [4.69, 9.17) is 18.9 Å². The van der Waals surface area contributed by atoms with Gasteiger partial charge >= 0.3 is 5.97 Å². The van der Waals surface area contributed by atoms with Crippen molar-refractivity contribution >= 4 is 16.7 Å². The molecule has 0 radical (unpaired) electrons. The van der Waals surface area contributed by atoms with Gasteiger partial charge in [0.1, 0.15) is 11.4 Å². The van der Waals surface area contributed by atoms with Gasteiger partial charge in [0.05, 0.1) is 13.2 Å². The summed E-state index contributed by atoms with van der Waals surface area (Å²) >= 11 is 0. The molecule has 0 aliphatic carbocycles. The smallest absolute Gasteiger partial charge is 0.305 e. The third kappa shape index (κ3) is 5.31. The Bertz CT molecular complexity index is 1400. The minimum atomic E-state index is -0.190. The number of carbonyl (C=O) groups excluding carboxylic acids is 1. The maximum Gasteiger partial charge on any atom is 0.305 e. The Kier molecular flexibility index (Phi) is 7.08. The molecule has 0 spiro atoms. The lowest BCUT2D eigenvalue weighted by molar-refractivity contribution is -0.143. The van der Waals surface area contributed by atoms with Crippen molar-refractivity contribution in [1.29, 1.82) is 0 Å². The van der Waals surface area contributed by atoms with Crippen LogP contribution in [0, 0.1) is 0 Å². The van der Waals surface area contributed by atoms with Gasteiger partial charge in [-0.1, -0.05) is 72.8 Å². The van der Waals surface area contributed by atoms with Crippen LogP contribution in [0.2, 0.25) is 0 Å². The van der Waals surface area contributed by atoms with Crippen LogP contribution in [0.5, 0.6) is 5.75 Å². The van der Waals surface area contributed by atoms with Crippen LogP contribution in [0.15, 0.2) is 101 Å². The van der Waals surface area contributed by atoms with Gasteiger partial charge in [-0.2, -0.15) is 0 Å². The van der Waals surface area contributed by atoms with E-state index in [1.54, 1.807) is 6.92 Å². The Morgan fingerprint density at radius 3 is 2.25 bits per heavy atom. The molecule has 0 N–H and O–H groups in total. The Balaban J connectivity index is 1.39. The molecule has 0 aliphatic rings. The molecule has 0 unspecified atom stereocenters. The van der Waals surface area contributed by atoms with Gasteiger partial charge in [-0.3, -0.25) is 4.79 Å². The summed E-state index contributed by atoms with van der Waals surface area (Å²) in [6, 6.07) is 32.3. The van der Waals surface area contributed by atoms with Crippen LogP contribution < -0.4 is 4.74 Å². The number of esters is 1. The lowest BCUT2D eigenvalue weighted by Crippen LogP contribution is -2.06. The second-order valence-electron chi connectivity index (χ2n) is 8.41. The van der Waals surface area contributed by atoms with E-state index in [0.29, 0.717) is 31.9 Å². The zero-order valence-electron chi connectivity index (χ0n) is 20.1. The molecule has 4 aromatic carbocycles. The summed E-state index contributed by atoms with van der Waals surface area (Å²) in [6.07, 6.45) is 0.977. The zero-order valence-corrected chi connectivity index (χ0v) is 20.1. The minimum absolute atomic E-state index is 0.190. The van der Waals surface area contributed by atoms with Crippen LogP contribution in [0.25, 0.3) is 44.8 Å². The molecular formula is C31H27NO4. The van der Waals surface area contributed by atoms with E-state index < -0.39 is 0 Å². The second-order valence-corrected chi connectivity index (χ2v) is 8.41. The lowest BCUT2D eigenvalue weighted by Gasteiger charge is -2.08. The first-order valence-corrected chi connectivity index (χ1v) is 12.2. The summed E-state index contributed by atoms with van der Waals surface area (Å²) in [7, 11) is 0. The molecule has 0 fully saturated rings. The second kappa shape index (κ2) is 10.9. The topological polar surface area (TPSA) is 61.6 Å². The first-order valence-electron chi connectivity index (χ1n) is 12.2. The number of nitrogens with zero attached hydrogens (tertiary/aromatic N) is 1. The molecule has 0 aliphatic heterocycles. The third-order valence-corrected chi connectivity index (χ3v) is 5.87. The Morgan fingerprint density at radius 1 is 0.806 bits per heavy atom. The van der Waals surface area contributed by atoms with E-state index in [1.807, 2.05) is 91.0 Å². The van der Waals surface area contributed by atoms with Gasteiger partial charge in [-0.05, 0) is 48.4 Å². The van der Waals surface area contributed by atoms with Crippen molar-refractivity contribution in [3.63, 3.8) is 0 Å². The molecule has 1 aromatic heterocycles. The minimum Gasteiger partial charge on any atom is -0.494 e. The fourth-order valence-electron chi connectivity index (χ4n) is 4.11. The number of oxazole rings is 1. The van der Waals surface area contributed by atoms with Gasteiger partial charge in [0.25, 0.3) is 0 Å². The van der Waals surface area contributed by atoms with E-state index in [1.165, 1.54) is 0 Å². The summed E-state index contributed by atoms with van der Waals surface area (Å²) in [5.41, 5.74) is 3.73. The van der Waals surface area contributed by atoms with E-state index in [2.05, 4.69) is 6.07 Å². The number of carbonyl (C=O) groups is 1. The first-order chi connectivity index (χ1) is 17.7. The average molecular weight is 478 g/mol. The predicted molar refractivity (Wildman–Crippen MR) is 142 cm³/mol. The molecular weight excluding hydrogens is 450 g/mol. The summed E-state index contributed by atoms with van der Waals surface area (Å²) in [4.78, 5) is 16.4. The zero-order chi connectivity index (χ0) is 24.7. The molecule has 5 aromatic rings. The number of hydrogen-bond donors (Lipinski definition) is 0. The quantitative estimate of drug-likeness (QED) is 0.162. The highest BCUT2D eigenvalue weighted by atomic mass is 16.5. The van der Waals surface area contributed by atoms with Crippen LogP contribution in [0.3, 0.4) is 0 Å². The molecule has 5 rings (SSSR count). The van der Waals surface area contributed by atoms with Gasteiger partial charge in [0.2, 0.25) is 5.89 Å². The fourth-order valence-corrected chi connectivity index (χ4v) is 4.11. The maximum absolute atomic E-state index is 11.5. The van der Waals surface area contributed by atoms with Crippen LogP contribution in [-0.4, -0.2) is 24.2 Å². The van der Waals surface area contributed by atoms with Gasteiger partial charge in [-0.15, -0.1) is 0 Å². The Hall–Kier alpha value is -4.38. The van der Waals surface area contributed by atoms with Gasteiger partial charge in [0.15, 0.2) is 5.76 Å². The van der Waals surface area contributed by atoms with E-state index in [0.717, 1.165) is 44.7 Å². The number of ether oxygens (including phenoxy) is 2. The molecule has 5 heteroatoms. The van der Waals surface area contributed by atoms with Crippen molar-refractivity contribution < 1.29 is 18.7 Å². The Labute approximate surface area is 210 Å². The van der Waals surface area contributed by atoms with E-state index in [9.17, 15) is 4.79 Å². The van der Waals surface area contributed by atoms with Crippen molar-refractivity contribution in [3.05, 3.63) is 97.1 Å². The predicted octanol–water partition coefficient (Wildman–Crippen LogP) is 7.55. The van der Waals surface area contributed by atoms with Gasteiger partial charge < -0.3 is 13.9 Å². The highest BCUT2D eigenvalue weighted by Gasteiger charge is 2.18. The van der Waals surface area contributed by atoms with Crippen LogP contribution in [0.1, 0.15) is 19.8 Å². The maximum atomic E-state index is 11.5. The molecule has 0 saturated heterocycles. The van der Waals surface area contributed by atoms with Gasteiger partial charge in [-0.25, -0.2) is 4.98 Å². The molecule has 0 bridgehead atoms. The largest absolute Gasteiger partial charge is 0.494 e. The first kappa shape index (κ1) is 23.4. The molecule has 0 atom stereocenters. The molecule has 5 nitrogen and oxygen atoms in total. The van der Waals surface area contributed by atoms with Crippen molar-refractivity contribution in [1.82, 2.24) is 4.98 Å². The summed E-state index contributed by atoms with van der Waals surface area (Å²) in [5, 5.41) is 2.12. The SMILES string of the molecule is CCOC(=O)CCCOc1ccc2cc(-c3nc(-c4ccccc4)c(-c4ccccc4)o3)ccc2c1. The molecule has 36 heavy (non-hydrogen) atoms. The number of hydrogen-bond acceptors (Lipinski definition) is 5. The van der Waals surface area contributed by atoms with Crippen molar-refractivity contribution in [2.45, 2.75) is 19.8 Å². The van der Waals surface area contributed by atoms with Crippen LogP contribution in [0.4, 0.5) is 0 Å². The highest BCUT2D eigenvalue weighted by molar-refractivity contribution is 5.88. The summed E-state index contributed by atoms with van der Waals surface area (Å²) in [6.45, 7) is 2.67. The lowest BCUT2D eigenvalue weighted by atomic mass is 10.1. The van der Waals surface area contributed by atoms with Gasteiger partial charge in [0, 0.05) is 23.1 Å². The standard InChI is InChI=1S/C31H27NO4/c1-2-34-28(33)14-9-19-35-27-18-17-24-20-26(16-15-25(24)21-27)31-32-29(22-10-5-3-6-11-22)30(36-31)23-12-7-4-8-13-23/h3-8,10-13,15-18,20-21H,2,9,14,19H2,1H3. The summed E-state index contributed by atoms with van der Waals surface area (Å²) < 4.78 is 17.1. The molecule has 1 heterocycles.